The summed E-state index contributed by atoms with van der Waals surface area (Å²) in [6.07, 6.45) is 0. The lowest BCUT2D eigenvalue weighted by Crippen LogP contribution is -2.25. The molecule has 0 atom stereocenters. The lowest BCUT2D eigenvalue weighted by molar-refractivity contribution is -0.0756. The fourth-order valence-electron chi connectivity index (χ4n) is 1.06. The van der Waals surface area contributed by atoms with E-state index < -0.39 is 0 Å². The molecule has 0 N–H and O–H groups in total. The van der Waals surface area contributed by atoms with Crippen LogP contribution in [0.25, 0.3) is 0 Å². The molecule has 1 rings (SSSR count). The quantitative estimate of drug-likeness (QED) is 0.746. The first-order chi connectivity index (χ1) is 7.56. The van der Waals surface area contributed by atoms with Crippen LogP contribution in [0, 0.1) is 6.92 Å². The topological polar surface area (TPSA) is 29.5 Å². The Morgan fingerprint density at radius 3 is 2.44 bits per heavy atom. The highest BCUT2D eigenvalue weighted by Crippen LogP contribution is 2.18. The zero-order chi connectivity index (χ0) is 12.7. The first-order valence-corrected chi connectivity index (χ1v) is 5.52. The Labute approximate surface area is 102 Å². The van der Waals surface area contributed by atoms with E-state index in [4.69, 9.17) is 16.4 Å². The Hall–Kier alpha value is -1.06. The van der Waals surface area contributed by atoms with Crippen LogP contribution in [0.3, 0.4) is 0 Å². The molecule has 0 aliphatic heterocycles. The predicted octanol–water partition coefficient (Wildman–Crippen LogP) is 3.31. The van der Waals surface area contributed by atoms with Crippen molar-refractivity contribution >= 4 is 17.5 Å². The minimum absolute atomic E-state index is 0.249. The smallest absolute Gasteiger partial charge is 0.274 e. The van der Waals surface area contributed by atoms with E-state index in [9.17, 15) is 4.79 Å². The van der Waals surface area contributed by atoms with Crippen LogP contribution in [0.15, 0.2) is 18.2 Å². The number of halogens is 1. The Bertz CT molecular complexity index is 353. The van der Waals surface area contributed by atoms with Crippen LogP contribution in [0.2, 0.25) is 5.02 Å². The normalized spacial score (nSPS) is 9.12. The average molecular weight is 244 g/mol. The SMILES string of the molecule is CC.CON(C)C(=O)c1cc(C)ccc1Cl. The number of hydrogen-bond acceptors (Lipinski definition) is 2. The molecule has 0 saturated carbocycles. The third kappa shape index (κ3) is 3.83. The monoisotopic (exact) mass is 243 g/mol. The van der Waals surface area contributed by atoms with Crippen molar-refractivity contribution in [3.63, 3.8) is 0 Å². The van der Waals surface area contributed by atoms with Gasteiger partial charge in [0.05, 0.1) is 17.7 Å². The fourth-order valence-corrected chi connectivity index (χ4v) is 1.25. The summed E-state index contributed by atoms with van der Waals surface area (Å²) in [5, 5.41) is 1.57. The molecular formula is C12H18ClNO2. The van der Waals surface area contributed by atoms with E-state index >= 15 is 0 Å². The molecule has 1 aromatic carbocycles. The molecule has 3 nitrogen and oxygen atoms in total. The maximum Gasteiger partial charge on any atom is 0.278 e. The Balaban J connectivity index is 0.00000106. The summed E-state index contributed by atoms with van der Waals surface area (Å²) in [4.78, 5) is 16.5. The van der Waals surface area contributed by atoms with Gasteiger partial charge in [-0.1, -0.05) is 37.1 Å². The molecule has 0 saturated heterocycles. The van der Waals surface area contributed by atoms with Gasteiger partial charge in [-0.3, -0.25) is 9.63 Å². The van der Waals surface area contributed by atoms with Crippen molar-refractivity contribution in [1.82, 2.24) is 5.06 Å². The minimum Gasteiger partial charge on any atom is -0.274 e. The number of benzene rings is 1. The van der Waals surface area contributed by atoms with Gasteiger partial charge in [0.1, 0.15) is 0 Å². The Kier molecular flexibility index (Phi) is 6.77. The highest BCUT2D eigenvalue weighted by Gasteiger charge is 2.14. The number of hydrogen-bond donors (Lipinski definition) is 0. The van der Waals surface area contributed by atoms with Gasteiger partial charge in [0.2, 0.25) is 0 Å². The Morgan fingerprint density at radius 2 is 1.94 bits per heavy atom. The van der Waals surface area contributed by atoms with Crippen LogP contribution < -0.4 is 0 Å². The van der Waals surface area contributed by atoms with Crippen molar-refractivity contribution in [2.75, 3.05) is 14.2 Å². The third-order valence-corrected chi connectivity index (χ3v) is 2.24. The molecule has 1 aromatic rings. The molecule has 0 aromatic heterocycles. The van der Waals surface area contributed by atoms with Crippen molar-refractivity contribution in [2.45, 2.75) is 20.8 Å². The standard InChI is InChI=1S/C10H12ClNO2.C2H6/c1-7-4-5-9(11)8(6-7)10(13)12(2)14-3;1-2/h4-6H,1-3H3;1-2H3. The molecule has 0 fully saturated rings. The number of rotatable bonds is 2. The number of amides is 1. The summed E-state index contributed by atoms with van der Waals surface area (Å²) in [5.41, 5.74) is 1.44. The van der Waals surface area contributed by atoms with Gasteiger partial charge in [-0.05, 0) is 19.1 Å². The molecule has 1 amide bonds. The number of aryl methyl sites for hydroxylation is 1. The molecule has 0 aliphatic carbocycles. The molecule has 0 bridgehead atoms. The van der Waals surface area contributed by atoms with Crippen LogP contribution in [0.4, 0.5) is 0 Å². The number of carbonyl (C=O) groups is 1. The molecule has 4 heteroatoms. The predicted molar refractivity (Wildman–Crippen MR) is 66.6 cm³/mol. The number of carbonyl (C=O) groups excluding carboxylic acids is 1. The summed E-state index contributed by atoms with van der Waals surface area (Å²) >= 11 is 5.89. The number of nitrogens with zero attached hydrogens (tertiary/aromatic N) is 1. The number of hydroxylamine groups is 2. The van der Waals surface area contributed by atoms with Crippen LogP contribution in [-0.4, -0.2) is 25.1 Å². The van der Waals surface area contributed by atoms with Crippen molar-refractivity contribution in [1.29, 1.82) is 0 Å². The maximum absolute atomic E-state index is 11.7. The van der Waals surface area contributed by atoms with E-state index in [0.29, 0.717) is 10.6 Å². The molecule has 0 radical (unpaired) electrons. The van der Waals surface area contributed by atoms with Gasteiger partial charge in [-0.2, -0.15) is 0 Å². The van der Waals surface area contributed by atoms with Gasteiger partial charge in [-0.25, -0.2) is 5.06 Å². The summed E-state index contributed by atoms with van der Waals surface area (Å²) < 4.78 is 0. The van der Waals surface area contributed by atoms with Crippen molar-refractivity contribution in [2.24, 2.45) is 0 Å². The second kappa shape index (κ2) is 7.25. The van der Waals surface area contributed by atoms with Crippen LogP contribution in [0.5, 0.6) is 0 Å². The Morgan fingerprint density at radius 1 is 1.38 bits per heavy atom. The van der Waals surface area contributed by atoms with E-state index in [2.05, 4.69) is 0 Å². The second-order valence-electron chi connectivity index (χ2n) is 2.97. The molecule has 0 aliphatic rings. The summed E-state index contributed by atoms with van der Waals surface area (Å²) in [6.45, 7) is 5.90. The molecule has 0 spiro atoms. The molecule has 16 heavy (non-hydrogen) atoms. The van der Waals surface area contributed by atoms with Gasteiger partial charge in [0.15, 0.2) is 0 Å². The lowest BCUT2D eigenvalue weighted by atomic mass is 10.1. The summed E-state index contributed by atoms with van der Waals surface area (Å²) in [5.74, 6) is -0.249. The van der Waals surface area contributed by atoms with E-state index in [-0.39, 0.29) is 5.91 Å². The fraction of sp³-hybridized carbons (Fsp3) is 0.417. The van der Waals surface area contributed by atoms with E-state index in [1.165, 1.54) is 7.11 Å². The maximum atomic E-state index is 11.7. The van der Waals surface area contributed by atoms with Crippen molar-refractivity contribution in [3.05, 3.63) is 34.3 Å². The van der Waals surface area contributed by atoms with Gasteiger partial charge < -0.3 is 0 Å². The average Bonchev–Trinajstić information content (AvgIpc) is 2.33. The first-order valence-electron chi connectivity index (χ1n) is 5.14. The van der Waals surface area contributed by atoms with Gasteiger partial charge in [-0.15, -0.1) is 0 Å². The second-order valence-corrected chi connectivity index (χ2v) is 3.38. The van der Waals surface area contributed by atoms with Gasteiger partial charge in [0.25, 0.3) is 5.91 Å². The van der Waals surface area contributed by atoms with Crippen LogP contribution >= 0.6 is 11.6 Å². The molecule has 90 valence electrons. The zero-order valence-corrected chi connectivity index (χ0v) is 11.1. The molecule has 0 unspecified atom stereocenters. The molecule has 0 heterocycles. The molecular weight excluding hydrogens is 226 g/mol. The highest BCUT2D eigenvalue weighted by molar-refractivity contribution is 6.33. The van der Waals surface area contributed by atoms with E-state index in [0.717, 1.165) is 10.6 Å². The van der Waals surface area contributed by atoms with Gasteiger partial charge in [0, 0.05) is 7.05 Å². The highest BCUT2D eigenvalue weighted by atomic mass is 35.5. The summed E-state index contributed by atoms with van der Waals surface area (Å²) in [6, 6.07) is 5.29. The first kappa shape index (κ1) is 14.9. The third-order valence-electron chi connectivity index (χ3n) is 1.91. The van der Waals surface area contributed by atoms with E-state index in [1.54, 1.807) is 19.2 Å². The van der Waals surface area contributed by atoms with Gasteiger partial charge >= 0.3 is 0 Å². The van der Waals surface area contributed by atoms with Crippen molar-refractivity contribution < 1.29 is 9.63 Å². The van der Waals surface area contributed by atoms with Crippen LogP contribution in [0.1, 0.15) is 29.8 Å². The largest absolute Gasteiger partial charge is 0.278 e. The van der Waals surface area contributed by atoms with E-state index in [1.807, 2.05) is 26.8 Å². The summed E-state index contributed by atoms with van der Waals surface area (Å²) in [7, 11) is 2.97. The van der Waals surface area contributed by atoms with Crippen molar-refractivity contribution in [3.8, 4) is 0 Å². The zero-order valence-electron chi connectivity index (χ0n) is 10.4. The minimum atomic E-state index is -0.249. The van der Waals surface area contributed by atoms with Crippen LogP contribution in [-0.2, 0) is 4.84 Å². The lowest BCUT2D eigenvalue weighted by Gasteiger charge is -2.14.